The summed E-state index contributed by atoms with van der Waals surface area (Å²) >= 11 is 1.02. The molecule has 1 aliphatic heterocycles. The number of ether oxygens (including phenoxy) is 2. The third kappa shape index (κ3) is 8.70. The van der Waals surface area contributed by atoms with Crippen molar-refractivity contribution in [2.24, 2.45) is 11.1 Å². The van der Waals surface area contributed by atoms with E-state index in [1.165, 1.54) is 0 Å². The normalized spacial score (nSPS) is 20.9. The molecule has 1 rings (SSSR count). The lowest BCUT2D eigenvalue weighted by molar-refractivity contribution is -0.168. The third-order valence-corrected chi connectivity index (χ3v) is 4.78. The molecule has 0 aliphatic carbocycles. The van der Waals surface area contributed by atoms with Gasteiger partial charge in [-0.2, -0.15) is 0 Å². The maximum Gasteiger partial charge on any atom is 0.319 e. The van der Waals surface area contributed by atoms with Crippen LogP contribution in [-0.4, -0.2) is 67.0 Å². The van der Waals surface area contributed by atoms with E-state index in [4.69, 9.17) is 15.2 Å². The van der Waals surface area contributed by atoms with Crippen LogP contribution in [0.2, 0.25) is 0 Å². The van der Waals surface area contributed by atoms with Crippen LogP contribution in [0.5, 0.6) is 0 Å². The molecule has 1 aliphatic rings. The van der Waals surface area contributed by atoms with Crippen molar-refractivity contribution < 1.29 is 33.4 Å². The average Bonchev–Trinajstić information content (AvgIpc) is 2.65. The Balaban J connectivity index is 2.90. The van der Waals surface area contributed by atoms with E-state index < -0.39 is 29.4 Å². The highest BCUT2D eigenvalue weighted by molar-refractivity contribution is 8.13. The van der Waals surface area contributed by atoms with E-state index >= 15 is 0 Å². The van der Waals surface area contributed by atoms with Crippen molar-refractivity contribution in [3.63, 3.8) is 0 Å². The SMILES string of the molecule is CC(C)(COC(=O)CN)[C@H]1OC(=O)CCC(=O)SCCNC(=O)CCNC1=O. The van der Waals surface area contributed by atoms with Crippen molar-refractivity contribution >= 4 is 40.6 Å². The molecule has 1 heterocycles. The highest BCUT2D eigenvalue weighted by Crippen LogP contribution is 2.25. The Hall–Kier alpha value is -2.14. The Bertz CT molecular complexity index is 610. The van der Waals surface area contributed by atoms with Gasteiger partial charge in [-0.3, -0.25) is 24.0 Å². The van der Waals surface area contributed by atoms with Crippen LogP contribution in [-0.2, 0) is 33.4 Å². The second-order valence-corrected chi connectivity index (χ2v) is 7.99. The van der Waals surface area contributed by atoms with E-state index in [0.29, 0.717) is 12.3 Å². The van der Waals surface area contributed by atoms with Gasteiger partial charge in [-0.25, -0.2) is 0 Å². The highest BCUT2D eigenvalue weighted by Gasteiger charge is 2.39. The van der Waals surface area contributed by atoms with Gasteiger partial charge in [0.05, 0.1) is 13.0 Å². The summed E-state index contributed by atoms with van der Waals surface area (Å²) in [6, 6.07) is 0. The monoisotopic (exact) mass is 417 g/mol. The van der Waals surface area contributed by atoms with Gasteiger partial charge >= 0.3 is 11.9 Å². The zero-order valence-corrected chi connectivity index (χ0v) is 16.9. The number of nitrogens with one attached hydrogen (secondary N) is 2. The third-order valence-electron chi connectivity index (χ3n) is 3.84. The number of carbonyl (C=O) groups excluding carboxylic acids is 5. The Morgan fingerprint density at radius 3 is 2.57 bits per heavy atom. The predicted octanol–water partition coefficient (Wildman–Crippen LogP) is -0.898. The van der Waals surface area contributed by atoms with Gasteiger partial charge in [-0.05, 0) is 0 Å². The van der Waals surface area contributed by atoms with Gasteiger partial charge < -0.3 is 25.8 Å². The topological polar surface area (TPSA) is 154 Å². The van der Waals surface area contributed by atoms with E-state index in [1.807, 2.05) is 0 Å². The van der Waals surface area contributed by atoms with Crippen LogP contribution in [0.25, 0.3) is 0 Å². The molecule has 0 aromatic rings. The largest absolute Gasteiger partial charge is 0.464 e. The van der Waals surface area contributed by atoms with Gasteiger partial charge in [0.25, 0.3) is 5.91 Å². The maximum absolute atomic E-state index is 12.6. The van der Waals surface area contributed by atoms with Gasteiger partial charge in [0, 0.05) is 37.1 Å². The molecule has 0 aromatic carbocycles. The summed E-state index contributed by atoms with van der Waals surface area (Å²) in [5.74, 6) is -1.86. The molecule has 1 saturated heterocycles. The minimum absolute atomic E-state index is 0.0353. The van der Waals surface area contributed by atoms with Crippen LogP contribution in [0.3, 0.4) is 0 Å². The molecule has 28 heavy (non-hydrogen) atoms. The second-order valence-electron chi connectivity index (χ2n) is 6.83. The summed E-state index contributed by atoms with van der Waals surface area (Å²) in [5.41, 5.74) is 4.14. The smallest absolute Gasteiger partial charge is 0.319 e. The van der Waals surface area contributed by atoms with Gasteiger partial charge in [0.1, 0.15) is 6.61 Å². The fourth-order valence-corrected chi connectivity index (χ4v) is 2.95. The van der Waals surface area contributed by atoms with Crippen LogP contribution in [0.4, 0.5) is 0 Å². The highest BCUT2D eigenvalue weighted by atomic mass is 32.2. The van der Waals surface area contributed by atoms with Crippen LogP contribution in [0.1, 0.15) is 33.1 Å². The number of esters is 2. The summed E-state index contributed by atoms with van der Waals surface area (Å²) in [6.07, 6.45) is -1.47. The standard InChI is InChI=1S/C17H27N3O7S/c1-17(2,10-26-13(23)9-18)15-16(25)20-6-5-11(21)19-7-8-28-14(24)4-3-12(22)27-15/h15H,3-10,18H2,1-2H3,(H,19,21)(H,20,25)/t15-/m0/s1. The van der Waals surface area contributed by atoms with Gasteiger partial charge in [-0.15, -0.1) is 0 Å². The number of carbonyl (C=O) groups is 5. The van der Waals surface area contributed by atoms with Crippen LogP contribution in [0.15, 0.2) is 0 Å². The van der Waals surface area contributed by atoms with E-state index in [-0.39, 0.29) is 50.0 Å². The number of rotatable bonds is 4. The molecule has 0 aromatic heterocycles. The second kappa shape index (κ2) is 11.6. The van der Waals surface area contributed by atoms with Crippen molar-refractivity contribution in [2.45, 2.75) is 39.2 Å². The lowest BCUT2D eigenvalue weighted by Crippen LogP contribution is -2.49. The van der Waals surface area contributed by atoms with Crippen molar-refractivity contribution in [2.75, 3.05) is 32.0 Å². The first-order valence-electron chi connectivity index (χ1n) is 8.91. The molecule has 2 amide bonds. The lowest BCUT2D eigenvalue weighted by atomic mass is 9.86. The van der Waals surface area contributed by atoms with Crippen LogP contribution < -0.4 is 16.4 Å². The van der Waals surface area contributed by atoms with Gasteiger partial charge in [0.2, 0.25) is 5.91 Å². The number of hydrogen-bond acceptors (Lipinski definition) is 9. The first-order valence-corrected chi connectivity index (χ1v) is 9.89. The fraction of sp³-hybridized carbons (Fsp3) is 0.706. The average molecular weight is 417 g/mol. The Morgan fingerprint density at radius 2 is 1.89 bits per heavy atom. The molecule has 0 radical (unpaired) electrons. The zero-order valence-electron chi connectivity index (χ0n) is 16.1. The lowest BCUT2D eigenvalue weighted by Gasteiger charge is -2.32. The van der Waals surface area contributed by atoms with Crippen molar-refractivity contribution in [3.8, 4) is 0 Å². The molecule has 10 nitrogen and oxygen atoms in total. The predicted molar refractivity (Wildman–Crippen MR) is 101 cm³/mol. The van der Waals surface area contributed by atoms with E-state index in [9.17, 15) is 24.0 Å². The molecule has 1 fully saturated rings. The summed E-state index contributed by atoms with van der Waals surface area (Å²) in [5, 5.41) is 4.99. The van der Waals surface area contributed by atoms with Crippen molar-refractivity contribution in [1.29, 1.82) is 0 Å². The Morgan fingerprint density at radius 1 is 1.18 bits per heavy atom. The molecule has 0 bridgehead atoms. The summed E-state index contributed by atoms with van der Waals surface area (Å²) in [7, 11) is 0. The number of amides is 2. The quantitative estimate of drug-likeness (QED) is 0.494. The maximum atomic E-state index is 12.6. The Kier molecular flexibility index (Phi) is 9.94. The van der Waals surface area contributed by atoms with E-state index in [0.717, 1.165) is 11.8 Å². The molecular formula is C17H27N3O7S. The van der Waals surface area contributed by atoms with Gasteiger partial charge in [-0.1, -0.05) is 25.6 Å². The van der Waals surface area contributed by atoms with E-state index in [1.54, 1.807) is 13.8 Å². The zero-order chi connectivity index (χ0) is 21.2. The van der Waals surface area contributed by atoms with Gasteiger partial charge in [0.15, 0.2) is 11.2 Å². The Labute approximate surface area is 167 Å². The number of cyclic esters (lactones) is 1. The van der Waals surface area contributed by atoms with Crippen molar-refractivity contribution in [3.05, 3.63) is 0 Å². The minimum atomic E-state index is -1.28. The number of hydrogen-bond donors (Lipinski definition) is 3. The molecule has 4 N–H and O–H groups in total. The first kappa shape index (κ1) is 23.9. The van der Waals surface area contributed by atoms with Crippen molar-refractivity contribution in [1.82, 2.24) is 10.6 Å². The number of thioether (sulfide) groups is 1. The molecule has 11 heteroatoms. The number of nitrogens with two attached hydrogens (primary N) is 1. The molecule has 0 spiro atoms. The molecular weight excluding hydrogens is 390 g/mol. The summed E-state index contributed by atoms with van der Waals surface area (Å²) in [4.78, 5) is 59.6. The molecule has 158 valence electrons. The first-order chi connectivity index (χ1) is 13.2. The molecule has 1 atom stereocenters. The molecule has 0 unspecified atom stereocenters. The summed E-state index contributed by atoms with van der Waals surface area (Å²) < 4.78 is 10.3. The fourth-order valence-electron chi connectivity index (χ4n) is 2.27. The van der Waals surface area contributed by atoms with E-state index in [2.05, 4.69) is 10.6 Å². The molecule has 0 saturated carbocycles. The van der Waals surface area contributed by atoms with Crippen LogP contribution in [0, 0.1) is 5.41 Å². The minimum Gasteiger partial charge on any atom is -0.464 e. The summed E-state index contributed by atoms with van der Waals surface area (Å²) in [6.45, 7) is 3.02. The van der Waals surface area contributed by atoms with Crippen LogP contribution >= 0.6 is 11.8 Å².